The van der Waals surface area contributed by atoms with Gasteiger partial charge in [-0.25, -0.2) is 0 Å². The molecule has 1 aliphatic heterocycles. The Kier molecular flexibility index (Phi) is 4.65. The van der Waals surface area contributed by atoms with E-state index in [-0.39, 0.29) is 16.6 Å². The van der Waals surface area contributed by atoms with Crippen molar-refractivity contribution in [3.63, 3.8) is 0 Å². The zero-order valence-corrected chi connectivity index (χ0v) is 15.3. The van der Waals surface area contributed by atoms with Gasteiger partial charge in [0, 0.05) is 0 Å². The van der Waals surface area contributed by atoms with Crippen molar-refractivity contribution in [3.05, 3.63) is 43.2 Å². The lowest BCUT2D eigenvalue weighted by Gasteiger charge is -2.01. The first-order valence-electron chi connectivity index (χ1n) is 6.82. The highest BCUT2D eigenvalue weighted by Gasteiger charge is 2.39. The number of halogens is 1. The molecule has 3 rings (SSSR count). The zero-order chi connectivity index (χ0) is 16.6. The van der Waals surface area contributed by atoms with E-state index in [9.17, 15) is 9.90 Å². The molecule has 1 aliphatic rings. The minimum atomic E-state index is -0.635. The van der Waals surface area contributed by atoms with Gasteiger partial charge in [0.25, 0.3) is 0 Å². The average Bonchev–Trinajstić information content (AvgIpc) is 3.08. The number of phenolic OH excluding ortho intramolecular Hbond substituents is 1. The molecule has 2 aromatic rings. The molecule has 2 N–H and O–H groups in total. The van der Waals surface area contributed by atoms with Crippen molar-refractivity contribution in [2.45, 2.75) is 19.3 Å². The van der Waals surface area contributed by atoms with Gasteiger partial charge in [-0.05, 0) is 46.1 Å². The molecule has 0 saturated carbocycles. The number of aromatic hydroxyl groups is 1. The smallest absolute Gasteiger partial charge is 0.186 e. The highest BCUT2D eigenvalue weighted by molar-refractivity contribution is 9.10. The van der Waals surface area contributed by atoms with Gasteiger partial charge in [0.05, 0.1) is 14.4 Å². The molecule has 1 aromatic heterocycles. The summed E-state index contributed by atoms with van der Waals surface area (Å²) in [6.07, 6.45) is 2.50. The molecular formula is C15H12BrN3O2S2. The fraction of sp³-hybridized carbons (Fsp3) is 0.200. The number of benzene rings is 1. The molecule has 1 fully saturated rings. The van der Waals surface area contributed by atoms with E-state index in [0.29, 0.717) is 14.4 Å². The number of ketones is 1. The summed E-state index contributed by atoms with van der Waals surface area (Å²) >= 11 is 5.79. The van der Waals surface area contributed by atoms with Crippen LogP contribution in [-0.2, 0) is 11.2 Å². The SMILES string of the molecule is CCc1nnc(C2C(=N)SC(=Cc3ccc(O)c(Br)c3)C2=O)s1. The van der Waals surface area contributed by atoms with Crippen molar-refractivity contribution in [2.24, 2.45) is 0 Å². The molecule has 1 saturated heterocycles. The minimum absolute atomic E-state index is 0.122. The first kappa shape index (κ1) is 16.4. The molecule has 1 unspecified atom stereocenters. The molecule has 118 valence electrons. The van der Waals surface area contributed by atoms with Gasteiger partial charge in [-0.2, -0.15) is 0 Å². The monoisotopic (exact) mass is 409 g/mol. The van der Waals surface area contributed by atoms with Crippen LogP contribution in [0.15, 0.2) is 27.6 Å². The molecule has 23 heavy (non-hydrogen) atoms. The van der Waals surface area contributed by atoms with Crippen LogP contribution in [0.2, 0.25) is 0 Å². The highest BCUT2D eigenvalue weighted by atomic mass is 79.9. The van der Waals surface area contributed by atoms with Crippen molar-refractivity contribution in [1.29, 1.82) is 5.41 Å². The number of aryl methyl sites for hydroxylation is 1. The van der Waals surface area contributed by atoms with Crippen LogP contribution in [0.3, 0.4) is 0 Å². The minimum Gasteiger partial charge on any atom is -0.507 e. The van der Waals surface area contributed by atoms with Gasteiger partial charge < -0.3 is 5.11 Å². The Labute approximate surface area is 149 Å². The molecule has 0 aliphatic carbocycles. The van der Waals surface area contributed by atoms with Crippen LogP contribution in [0.4, 0.5) is 0 Å². The lowest BCUT2D eigenvalue weighted by atomic mass is 10.1. The predicted molar refractivity (Wildman–Crippen MR) is 96.1 cm³/mol. The molecule has 0 radical (unpaired) electrons. The number of carbonyl (C=O) groups is 1. The summed E-state index contributed by atoms with van der Waals surface area (Å²) in [6.45, 7) is 1.98. The zero-order valence-electron chi connectivity index (χ0n) is 12.0. The summed E-state index contributed by atoms with van der Waals surface area (Å²) < 4.78 is 0.561. The summed E-state index contributed by atoms with van der Waals surface area (Å²) in [5, 5.41) is 27.5. The molecule has 2 heterocycles. The second-order valence-electron chi connectivity index (χ2n) is 4.87. The highest BCUT2D eigenvalue weighted by Crippen LogP contribution is 2.41. The Hall–Kier alpha value is -1.51. The number of thioether (sulfide) groups is 1. The molecule has 0 amide bonds. The van der Waals surface area contributed by atoms with Crippen LogP contribution in [0.1, 0.15) is 28.4 Å². The quantitative estimate of drug-likeness (QED) is 0.748. The Bertz CT molecular complexity index is 832. The van der Waals surface area contributed by atoms with Crippen LogP contribution in [0.5, 0.6) is 5.75 Å². The number of hydrogen-bond donors (Lipinski definition) is 2. The molecule has 8 heteroatoms. The average molecular weight is 410 g/mol. The first-order chi connectivity index (χ1) is 11.0. The van der Waals surface area contributed by atoms with Gasteiger partial charge in [0.1, 0.15) is 21.7 Å². The Morgan fingerprint density at radius 1 is 1.43 bits per heavy atom. The maximum absolute atomic E-state index is 12.6. The van der Waals surface area contributed by atoms with Gasteiger partial charge in [-0.3, -0.25) is 10.2 Å². The molecular weight excluding hydrogens is 398 g/mol. The van der Waals surface area contributed by atoms with Crippen LogP contribution in [0, 0.1) is 5.41 Å². The topological polar surface area (TPSA) is 86.9 Å². The number of nitrogens with zero attached hydrogens (tertiary/aromatic N) is 2. The van der Waals surface area contributed by atoms with Crippen LogP contribution >= 0.6 is 39.0 Å². The van der Waals surface area contributed by atoms with Gasteiger partial charge in [-0.1, -0.05) is 24.8 Å². The molecule has 1 aromatic carbocycles. The third kappa shape index (κ3) is 3.24. The maximum atomic E-state index is 12.6. The van der Waals surface area contributed by atoms with E-state index in [1.54, 1.807) is 24.3 Å². The van der Waals surface area contributed by atoms with E-state index < -0.39 is 5.92 Å². The number of carbonyl (C=O) groups excluding carboxylic acids is 1. The second kappa shape index (κ2) is 6.54. The number of allylic oxidation sites excluding steroid dienone is 1. The lowest BCUT2D eigenvalue weighted by molar-refractivity contribution is -0.114. The second-order valence-corrected chi connectivity index (χ2v) is 7.90. The van der Waals surface area contributed by atoms with Gasteiger partial charge in [0.2, 0.25) is 0 Å². The van der Waals surface area contributed by atoms with E-state index in [4.69, 9.17) is 5.41 Å². The largest absolute Gasteiger partial charge is 0.507 e. The number of phenols is 1. The van der Waals surface area contributed by atoms with Crippen molar-refractivity contribution >= 4 is 55.9 Å². The van der Waals surface area contributed by atoms with Crippen molar-refractivity contribution in [2.75, 3.05) is 0 Å². The normalized spacial score (nSPS) is 19.7. The van der Waals surface area contributed by atoms with E-state index in [2.05, 4.69) is 26.1 Å². The summed E-state index contributed by atoms with van der Waals surface area (Å²) in [7, 11) is 0. The van der Waals surface area contributed by atoms with Crippen molar-refractivity contribution in [1.82, 2.24) is 10.2 Å². The van der Waals surface area contributed by atoms with Crippen LogP contribution in [0.25, 0.3) is 6.08 Å². The fourth-order valence-electron chi connectivity index (χ4n) is 2.10. The molecule has 0 bridgehead atoms. The Morgan fingerprint density at radius 2 is 2.22 bits per heavy atom. The van der Waals surface area contributed by atoms with Crippen molar-refractivity contribution < 1.29 is 9.90 Å². The summed E-state index contributed by atoms with van der Waals surface area (Å²) in [4.78, 5) is 13.1. The number of Topliss-reactive ketones (excluding diaryl/α,β-unsaturated/α-hetero) is 1. The Morgan fingerprint density at radius 3 is 2.87 bits per heavy atom. The van der Waals surface area contributed by atoms with Gasteiger partial charge in [0.15, 0.2) is 5.78 Å². The third-order valence-corrected chi connectivity index (χ3v) is 6.05. The van der Waals surface area contributed by atoms with E-state index in [1.807, 2.05) is 6.92 Å². The standard InChI is InChI=1S/C15H12BrN3O2S2/c1-2-11-18-19-15(23-11)12-13(21)10(22-14(12)17)6-7-3-4-9(20)8(16)5-7/h3-6,12,17,20H,2H2,1H3. The third-order valence-electron chi connectivity index (χ3n) is 3.29. The molecule has 1 atom stereocenters. The first-order valence-corrected chi connectivity index (χ1v) is 9.25. The summed E-state index contributed by atoms with van der Waals surface area (Å²) in [6, 6.07) is 5.01. The van der Waals surface area contributed by atoms with Crippen molar-refractivity contribution in [3.8, 4) is 5.75 Å². The van der Waals surface area contributed by atoms with E-state index >= 15 is 0 Å². The van der Waals surface area contributed by atoms with Crippen LogP contribution < -0.4 is 0 Å². The van der Waals surface area contributed by atoms with Gasteiger partial charge in [-0.15, -0.1) is 21.5 Å². The number of aromatic nitrogens is 2. The predicted octanol–water partition coefficient (Wildman–Crippen LogP) is 3.99. The number of rotatable bonds is 3. The summed E-state index contributed by atoms with van der Waals surface area (Å²) in [5.41, 5.74) is 0.783. The lowest BCUT2D eigenvalue weighted by Crippen LogP contribution is -2.11. The fourth-order valence-corrected chi connectivity index (χ4v) is 4.45. The Balaban J connectivity index is 1.91. The van der Waals surface area contributed by atoms with Gasteiger partial charge >= 0.3 is 0 Å². The van der Waals surface area contributed by atoms with E-state index in [1.165, 1.54) is 11.3 Å². The molecule has 5 nitrogen and oxygen atoms in total. The molecule has 0 spiro atoms. The maximum Gasteiger partial charge on any atom is 0.186 e. The van der Waals surface area contributed by atoms with Crippen LogP contribution in [-0.4, -0.2) is 26.1 Å². The number of hydrogen-bond acceptors (Lipinski definition) is 7. The van der Waals surface area contributed by atoms with E-state index in [0.717, 1.165) is 28.8 Å². The summed E-state index contributed by atoms with van der Waals surface area (Å²) in [5.74, 6) is -0.614. The number of nitrogens with one attached hydrogen (secondary N) is 1.